The molecule has 0 spiro atoms. The van der Waals surface area contributed by atoms with Crippen LogP contribution in [0.15, 0.2) is 42.7 Å². The summed E-state index contributed by atoms with van der Waals surface area (Å²) < 4.78 is 37.8. The minimum atomic E-state index is -4.56. The van der Waals surface area contributed by atoms with Crippen LogP contribution in [0.1, 0.15) is 16.2 Å². The molecule has 1 amide bonds. The van der Waals surface area contributed by atoms with Crippen molar-refractivity contribution in [3.63, 3.8) is 0 Å². The number of fused-ring (bicyclic) bond motifs is 1. The first-order valence-corrected chi connectivity index (χ1v) is 6.22. The molecule has 1 aromatic carbocycles. The summed E-state index contributed by atoms with van der Waals surface area (Å²) in [7, 11) is 0. The highest BCUT2D eigenvalue weighted by Crippen LogP contribution is 2.28. The summed E-state index contributed by atoms with van der Waals surface area (Å²) in [5.74, 6) is -1.54. The molecule has 0 aliphatic carbocycles. The smallest absolute Gasteiger partial charge is 0.334 e. The number of aromatic nitrogens is 3. The van der Waals surface area contributed by atoms with E-state index >= 15 is 0 Å². The van der Waals surface area contributed by atoms with Gasteiger partial charge in [0.15, 0.2) is 0 Å². The van der Waals surface area contributed by atoms with Gasteiger partial charge < -0.3 is 10.3 Å². The normalized spacial score (nSPS) is 11.6. The van der Waals surface area contributed by atoms with Crippen LogP contribution in [0.2, 0.25) is 0 Å². The van der Waals surface area contributed by atoms with Gasteiger partial charge in [-0.25, -0.2) is 4.98 Å². The van der Waals surface area contributed by atoms with Gasteiger partial charge >= 0.3 is 6.18 Å². The molecule has 2 heterocycles. The van der Waals surface area contributed by atoms with Crippen molar-refractivity contribution in [2.45, 2.75) is 6.18 Å². The quantitative estimate of drug-likeness (QED) is 0.763. The number of benzene rings is 1. The lowest BCUT2D eigenvalue weighted by atomic mass is 10.2. The Hall–Kier alpha value is -2.90. The molecule has 0 unspecified atom stereocenters. The summed E-state index contributed by atoms with van der Waals surface area (Å²) >= 11 is 0. The minimum Gasteiger partial charge on any atom is -0.334 e. The maximum absolute atomic E-state index is 12.6. The van der Waals surface area contributed by atoms with Crippen LogP contribution >= 0.6 is 0 Å². The maximum Gasteiger partial charge on any atom is 0.449 e. The second-order valence-corrected chi connectivity index (χ2v) is 4.51. The summed E-state index contributed by atoms with van der Waals surface area (Å²) in [5.41, 5.74) is 0.998. The number of amides is 1. The SMILES string of the molecule is O=C(Nc1cccnc1)c1ccc2nc(C(F)(F)F)[nH]c2c1. The molecule has 3 aromatic rings. The van der Waals surface area contributed by atoms with Gasteiger partial charge in [0.2, 0.25) is 5.82 Å². The molecule has 0 bridgehead atoms. The van der Waals surface area contributed by atoms with Crippen LogP contribution in [0.25, 0.3) is 11.0 Å². The molecule has 0 saturated heterocycles. The monoisotopic (exact) mass is 306 g/mol. The number of alkyl halides is 3. The van der Waals surface area contributed by atoms with Crippen molar-refractivity contribution in [2.24, 2.45) is 0 Å². The number of hydrogen-bond donors (Lipinski definition) is 2. The van der Waals surface area contributed by atoms with Crippen LogP contribution in [0.5, 0.6) is 0 Å². The van der Waals surface area contributed by atoms with E-state index in [0.717, 1.165) is 0 Å². The fourth-order valence-corrected chi connectivity index (χ4v) is 1.93. The molecule has 5 nitrogen and oxygen atoms in total. The van der Waals surface area contributed by atoms with E-state index in [2.05, 4.69) is 20.3 Å². The molecule has 0 atom stereocenters. The Balaban J connectivity index is 1.90. The topological polar surface area (TPSA) is 70.7 Å². The van der Waals surface area contributed by atoms with Gasteiger partial charge in [0.1, 0.15) is 0 Å². The van der Waals surface area contributed by atoms with E-state index in [-0.39, 0.29) is 16.6 Å². The van der Waals surface area contributed by atoms with Crippen molar-refractivity contribution >= 4 is 22.6 Å². The average Bonchev–Trinajstić information content (AvgIpc) is 2.91. The summed E-state index contributed by atoms with van der Waals surface area (Å²) in [5, 5.41) is 2.60. The van der Waals surface area contributed by atoms with Crippen molar-refractivity contribution in [1.29, 1.82) is 0 Å². The molecule has 0 aliphatic rings. The van der Waals surface area contributed by atoms with Gasteiger partial charge in [-0.1, -0.05) is 0 Å². The second kappa shape index (κ2) is 5.14. The number of pyridine rings is 1. The zero-order valence-electron chi connectivity index (χ0n) is 11.0. The Kier molecular flexibility index (Phi) is 3.28. The number of imidazole rings is 1. The van der Waals surface area contributed by atoms with Crippen molar-refractivity contribution in [1.82, 2.24) is 15.0 Å². The number of nitrogens with one attached hydrogen (secondary N) is 2. The van der Waals surface area contributed by atoms with E-state index < -0.39 is 17.9 Å². The number of anilines is 1. The summed E-state index contributed by atoms with van der Waals surface area (Å²) in [6.45, 7) is 0. The molecule has 0 aliphatic heterocycles. The molecule has 2 aromatic heterocycles. The van der Waals surface area contributed by atoms with Crippen LogP contribution in [-0.4, -0.2) is 20.9 Å². The van der Waals surface area contributed by atoms with E-state index in [1.807, 2.05) is 0 Å². The first-order valence-electron chi connectivity index (χ1n) is 6.22. The Labute approximate surface area is 122 Å². The molecule has 8 heteroatoms. The van der Waals surface area contributed by atoms with E-state index in [0.29, 0.717) is 5.69 Å². The largest absolute Gasteiger partial charge is 0.449 e. The highest BCUT2D eigenvalue weighted by Gasteiger charge is 2.34. The van der Waals surface area contributed by atoms with E-state index in [1.54, 1.807) is 18.3 Å². The van der Waals surface area contributed by atoms with E-state index in [4.69, 9.17) is 0 Å². The number of aromatic amines is 1. The molecule has 0 radical (unpaired) electrons. The first kappa shape index (κ1) is 14.1. The highest BCUT2D eigenvalue weighted by molar-refractivity contribution is 6.05. The van der Waals surface area contributed by atoms with E-state index in [9.17, 15) is 18.0 Å². The molecule has 0 saturated carbocycles. The fraction of sp³-hybridized carbons (Fsp3) is 0.0714. The van der Waals surface area contributed by atoms with Crippen LogP contribution in [0, 0.1) is 0 Å². The van der Waals surface area contributed by atoms with Gasteiger partial charge in [0.05, 0.1) is 22.9 Å². The first-order chi connectivity index (χ1) is 10.4. The summed E-state index contributed by atoms with van der Waals surface area (Å²) in [6, 6.07) is 7.40. The number of nitrogens with zero attached hydrogens (tertiary/aromatic N) is 2. The van der Waals surface area contributed by atoms with Gasteiger partial charge in [-0.2, -0.15) is 13.2 Å². The highest BCUT2D eigenvalue weighted by atomic mass is 19.4. The zero-order valence-corrected chi connectivity index (χ0v) is 11.0. The predicted molar refractivity (Wildman–Crippen MR) is 73.3 cm³/mol. The Morgan fingerprint density at radius 1 is 1.23 bits per heavy atom. The van der Waals surface area contributed by atoms with Crippen molar-refractivity contribution in [2.75, 3.05) is 5.32 Å². The number of halogens is 3. The Morgan fingerprint density at radius 2 is 2.05 bits per heavy atom. The van der Waals surface area contributed by atoms with E-state index in [1.165, 1.54) is 24.4 Å². The molecule has 3 rings (SSSR count). The zero-order chi connectivity index (χ0) is 15.7. The fourth-order valence-electron chi connectivity index (χ4n) is 1.93. The molecule has 0 fully saturated rings. The standard InChI is InChI=1S/C14H9F3N4O/c15-14(16,17)13-20-10-4-3-8(6-11(10)21-13)12(22)19-9-2-1-5-18-7-9/h1-7H,(H,19,22)(H,20,21). The lowest BCUT2D eigenvalue weighted by Gasteiger charge is -2.04. The van der Waals surface area contributed by atoms with Gasteiger partial charge in [-0.15, -0.1) is 0 Å². The van der Waals surface area contributed by atoms with Crippen molar-refractivity contribution < 1.29 is 18.0 Å². The van der Waals surface area contributed by atoms with Crippen molar-refractivity contribution in [3.8, 4) is 0 Å². The van der Waals surface area contributed by atoms with Crippen LogP contribution in [-0.2, 0) is 6.18 Å². The lowest BCUT2D eigenvalue weighted by molar-refractivity contribution is -0.144. The third-order valence-corrected chi connectivity index (χ3v) is 2.93. The minimum absolute atomic E-state index is 0.144. The Bertz CT molecular complexity index is 827. The number of carbonyl (C=O) groups excluding carboxylic acids is 1. The van der Waals surface area contributed by atoms with Crippen LogP contribution < -0.4 is 5.32 Å². The van der Waals surface area contributed by atoms with Gasteiger partial charge in [-0.05, 0) is 30.3 Å². The molecular formula is C14H9F3N4O. The van der Waals surface area contributed by atoms with Crippen LogP contribution in [0.4, 0.5) is 18.9 Å². The van der Waals surface area contributed by atoms with Gasteiger partial charge in [0.25, 0.3) is 5.91 Å². The molecular weight excluding hydrogens is 297 g/mol. The summed E-state index contributed by atoms with van der Waals surface area (Å²) in [6.07, 6.45) is -1.53. The third-order valence-electron chi connectivity index (χ3n) is 2.93. The van der Waals surface area contributed by atoms with Gasteiger partial charge in [0, 0.05) is 11.8 Å². The number of rotatable bonds is 2. The van der Waals surface area contributed by atoms with Crippen LogP contribution in [0.3, 0.4) is 0 Å². The average molecular weight is 306 g/mol. The number of carbonyl (C=O) groups is 1. The van der Waals surface area contributed by atoms with Crippen molar-refractivity contribution in [3.05, 3.63) is 54.1 Å². The second-order valence-electron chi connectivity index (χ2n) is 4.51. The molecule has 112 valence electrons. The summed E-state index contributed by atoms with van der Waals surface area (Å²) in [4.78, 5) is 21.5. The predicted octanol–water partition coefficient (Wildman–Crippen LogP) is 3.23. The van der Waals surface area contributed by atoms with Gasteiger partial charge in [-0.3, -0.25) is 9.78 Å². The molecule has 22 heavy (non-hydrogen) atoms. The number of H-pyrrole nitrogens is 1. The lowest BCUT2D eigenvalue weighted by Crippen LogP contribution is -2.11. The molecule has 2 N–H and O–H groups in total. The third kappa shape index (κ3) is 2.76. The maximum atomic E-state index is 12.6. The number of hydrogen-bond acceptors (Lipinski definition) is 3. The Morgan fingerprint density at radius 3 is 2.73 bits per heavy atom.